The molecule has 0 aliphatic carbocycles. The van der Waals surface area contributed by atoms with Crippen molar-refractivity contribution in [2.75, 3.05) is 0 Å². The lowest BCUT2D eigenvalue weighted by atomic mass is 10.1. The molecule has 3 rings (SSSR count). The van der Waals surface area contributed by atoms with E-state index < -0.39 is 29.7 Å². The minimum Gasteiger partial charge on any atom is -0.453 e. The lowest BCUT2D eigenvalue weighted by Crippen LogP contribution is -2.06. The summed E-state index contributed by atoms with van der Waals surface area (Å²) in [5, 5.41) is 0.423. The van der Waals surface area contributed by atoms with Crippen LogP contribution in [-0.4, -0.2) is 5.78 Å². The molecule has 0 N–H and O–H groups in total. The SMILES string of the molecule is O=C(Cc1c(F)cccc1F)c1cc2cc(F)ccc2o1. The second kappa shape index (κ2) is 5.09. The number of carbonyl (C=O) groups excluding carboxylic acids is 1. The smallest absolute Gasteiger partial charge is 0.202 e. The molecule has 0 aliphatic heterocycles. The van der Waals surface area contributed by atoms with Gasteiger partial charge in [-0.05, 0) is 36.4 Å². The number of ketones is 1. The molecule has 5 heteroatoms. The minimum absolute atomic E-state index is 0.0572. The Hall–Kier alpha value is -2.56. The molecule has 21 heavy (non-hydrogen) atoms. The Bertz CT molecular complexity index is 816. The highest BCUT2D eigenvalue weighted by Gasteiger charge is 2.18. The van der Waals surface area contributed by atoms with Gasteiger partial charge in [-0.2, -0.15) is 0 Å². The van der Waals surface area contributed by atoms with Crippen molar-refractivity contribution in [1.82, 2.24) is 0 Å². The van der Waals surface area contributed by atoms with Crippen molar-refractivity contribution in [3.05, 3.63) is 71.2 Å². The summed E-state index contributed by atoms with van der Waals surface area (Å²) in [5.41, 5.74) is 0.0305. The number of halogens is 3. The summed E-state index contributed by atoms with van der Waals surface area (Å²) in [6, 6.07) is 8.57. The highest BCUT2D eigenvalue weighted by Crippen LogP contribution is 2.22. The van der Waals surface area contributed by atoms with Gasteiger partial charge < -0.3 is 4.42 Å². The van der Waals surface area contributed by atoms with E-state index >= 15 is 0 Å². The fourth-order valence-corrected chi connectivity index (χ4v) is 2.10. The third-order valence-corrected chi connectivity index (χ3v) is 3.15. The summed E-state index contributed by atoms with van der Waals surface area (Å²) in [5.74, 6) is -2.66. The average Bonchev–Trinajstić information content (AvgIpc) is 2.86. The van der Waals surface area contributed by atoms with Crippen LogP contribution in [0.3, 0.4) is 0 Å². The van der Waals surface area contributed by atoms with Crippen molar-refractivity contribution in [2.45, 2.75) is 6.42 Å². The number of carbonyl (C=O) groups is 1. The molecule has 0 aliphatic rings. The number of furan rings is 1. The molecule has 0 saturated carbocycles. The third-order valence-electron chi connectivity index (χ3n) is 3.15. The predicted octanol–water partition coefficient (Wildman–Crippen LogP) is 4.28. The van der Waals surface area contributed by atoms with Crippen molar-refractivity contribution in [3.8, 4) is 0 Å². The second-order valence-corrected chi connectivity index (χ2v) is 4.59. The number of hydrogen-bond acceptors (Lipinski definition) is 2. The first-order valence-corrected chi connectivity index (χ1v) is 6.20. The minimum atomic E-state index is -0.787. The van der Waals surface area contributed by atoms with Crippen molar-refractivity contribution >= 4 is 16.8 Å². The number of rotatable bonds is 3. The van der Waals surface area contributed by atoms with Crippen LogP contribution in [0.5, 0.6) is 0 Å². The van der Waals surface area contributed by atoms with E-state index in [9.17, 15) is 18.0 Å². The summed E-state index contributed by atoms with van der Waals surface area (Å²) in [6.07, 6.45) is -0.458. The first-order chi connectivity index (χ1) is 10.0. The Morgan fingerprint density at radius 1 is 1.00 bits per heavy atom. The maximum absolute atomic E-state index is 13.5. The molecule has 0 saturated heterocycles. The Kier molecular flexibility index (Phi) is 3.25. The zero-order valence-electron chi connectivity index (χ0n) is 10.7. The van der Waals surface area contributed by atoms with Crippen LogP contribution in [0.1, 0.15) is 16.1 Å². The van der Waals surface area contributed by atoms with Gasteiger partial charge in [-0.1, -0.05) is 6.07 Å². The van der Waals surface area contributed by atoms with E-state index in [2.05, 4.69) is 0 Å². The lowest BCUT2D eigenvalue weighted by Gasteiger charge is -2.02. The molecule has 1 aromatic heterocycles. The van der Waals surface area contributed by atoms with Gasteiger partial charge >= 0.3 is 0 Å². The molecular weight excluding hydrogens is 281 g/mol. The van der Waals surface area contributed by atoms with E-state index in [1.54, 1.807) is 0 Å². The van der Waals surface area contributed by atoms with E-state index in [0.29, 0.717) is 11.0 Å². The van der Waals surface area contributed by atoms with E-state index in [1.807, 2.05) is 0 Å². The Balaban J connectivity index is 1.94. The molecule has 3 aromatic rings. The number of Topliss-reactive ketones (excluding diaryl/α,β-unsaturated/α-hetero) is 1. The van der Waals surface area contributed by atoms with Crippen molar-refractivity contribution in [1.29, 1.82) is 0 Å². The Labute approximate surface area is 117 Å². The first kappa shape index (κ1) is 13.4. The molecule has 0 radical (unpaired) electrons. The number of hydrogen-bond donors (Lipinski definition) is 0. The van der Waals surface area contributed by atoms with E-state index in [4.69, 9.17) is 4.42 Å². The quantitative estimate of drug-likeness (QED) is 0.674. The zero-order chi connectivity index (χ0) is 15.0. The van der Waals surface area contributed by atoms with E-state index in [0.717, 1.165) is 12.1 Å². The summed E-state index contributed by atoms with van der Waals surface area (Å²) >= 11 is 0. The molecule has 0 amide bonds. The summed E-state index contributed by atoms with van der Waals surface area (Å²) in [7, 11) is 0. The van der Waals surface area contributed by atoms with Gasteiger partial charge in [0.2, 0.25) is 5.78 Å². The monoisotopic (exact) mass is 290 g/mol. The van der Waals surface area contributed by atoms with Gasteiger partial charge in [0.15, 0.2) is 5.76 Å². The molecule has 0 bridgehead atoms. The van der Waals surface area contributed by atoms with Gasteiger partial charge in [0.25, 0.3) is 0 Å². The van der Waals surface area contributed by atoms with Crippen LogP contribution in [0.15, 0.2) is 46.9 Å². The van der Waals surface area contributed by atoms with Crippen LogP contribution in [0.4, 0.5) is 13.2 Å². The summed E-state index contributed by atoms with van der Waals surface area (Å²) < 4.78 is 45.4. The van der Waals surface area contributed by atoms with Crippen LogP contribution in [0, 0.1) is 17.5 Å². The van der Waals surface area contributed by atoms with Crippen LogP contribution in [0.2, 0.25) is 0 Å². The maximum Gasteiger partial charge on any atom is 0.202 e. The molecule has 1 heterocycles. The molecule has 0 fully saturated rings. The highest BCUT2D eigenvalue weighted by molar-refractivity contribution is 5.98. The third kappa shape index (κ3) is 2.54. The highest BCUT2D eigenvalue weighted by atomic mass is 19.1. The fraction of sp³-hybridized carbons (Fsp3) is 0.0625. The zero-order valence-corrected chi connectivity index (χ0v) is 10.7. The van der Waals surface area contributed by atoms with E-state index in [-0.39, 0.29) is 11.3 Å². The number of benzene rings is 2. The number of fused-ring (bicyclic) bond motifs is 1. The van der Waals surface area contributed by atoms with Gasteiger partial charge in [0.05, 0.1) is 0 Å². The average molecular weight is 290 g/mol. The van der Waals surface area contributed by atoms with Crippen LogP contribution in [0.25, 0.3) is 11.0 Å². The topological polar surface area (TPSA) is 30.2 Å². The molecule has 2 aromatic carbocycles. The summed E-state index contributed by atoms with van der Waals surface area (Å²) in [6.45, 7) is 0. The van der Waals surface area contributed by atoms with Gasteiger partial charge in [-0.25, -0.2) is 13.2 Å². The molecule has 2 nitrogen and oxygen atoms in total. The lowest BCUT2D eigenvalue weighted by molar-refractivity contribution is 0.0966. The Morgan fingerprint density at radius 3 is 2.43 bits per heavy atom. The van der Waals surface area contributed by atoms with Gasteiger partial charge in [-0.15, -0.1) is 0 Å². The fourth-order valence-electron chi connectivity index (χ4n) is 2.10. The van der Waals surface area contributed by atoms with Gasteiger partial charge in [-0.3, -0.25) is 4.79 Å². The summed E-state index contributed by atoms with van der Waals surface area (Å²) in [4.78, 5) is 12.1. The second-order valence-electron chi connectivity index (χ2n) is 4.59. The Morgan fingerprint density at radius 2 is 1.71 bits per heavy atom. The standard InChI is InChI=1S/C16H9F3O2/c17-10-4-5-15-9(6-10)7-16(21-15)14(20)8-11-12(18)2-1-3-13(11)19/h1-7H,8H2. The maximum atomic E-state index is 13.5. The first-order valence-electron chi connectivity index (χ1n) is 6.20. The molecule has 0 atom stereocenters. The van der Waals surface area contributed by atoms with Gasteiger partial charge in [0, 0.05) is 17.4 Å². The van der Waals surface area contributed by atoms with Crippen LogP contribution in [-0.2, 0) is 6.42 Å². The van der Waals surface area contributed by atoms with Crippen molar-refractivity contribution < 1.29 is 22.4 Å². The van der Waals surface area contributed by atoms with Crippen LogP contribution >= 0.6 is 0 Å². The van der Waals surface area contributed by atoms with Crippen molar-refractivity contribution in [3.63, 3.8) is 0 Å². The molecule has 106 valence electrons. The van der Waals surface area contributed by atoms with Gasteiger partial charge in [0.1, 0.15) is 23.0 Å². The van der Waals surface area contributed by atoms with Crippen molar-refractivity contribution in [2.24, 2.45) is 0 Å². The van der Waals surface area contributed by atoms with E-state index in [1.165, 1.54) is 30.3 Å². The molecule has 0 unspecified atom stereocenters. The normalized spacial score (nSPS) is 11.0. The van der Waals surface area contributed by atoms with Crippen LogP contribution < -0.4 is 0 Å². The molecular formula is C16H9F3O2. The molecule has 0 spiro atoms. The largest absolute Gasteiger partial charge is 0.453 e. The predicted molar refractivity (Wildman–Crippen MR) is 70.6 cm³/mol.